The summed E-state index contributed by atoms with van der Waals surface area (Å²) in [5, 5.41) is 7.76. The molecule has 0 spiro atoms. The summed E-state index contributed by atoms with van der Waals surface area (Å²) in [5.74, 6) is 0.604. The summed E-state index contributed by atoms with van der Waals surface area (Å²) < 4.78 is 7.98. The second-order valence-corrected chi connectivity index (χ2v) is 7.15. The van der Waals surface area contributed by atoms with Crippen LogP contribution in [0.5, 0.6) is 5.75 Å². The van der Waals surface area contributed by atoms with E-state index in [1.807, 2.05) is 53.2 Å². The van der Waals surface area contributed by atoms with Crippen molar-refractivity contribution < 1.29 is 9.53 Å². The molecule has 0 N–H and O–H groups in total. The van der Waals surface area contributed by atoms with Crippen LogP contribution in [-0.4, -0.2) is 16.1 Å². The number of aldehydes is 1. The van der Waals surface area contributed by atoms with E-state index in [1.54, 1.807) is 6.07 Å². The van der Waals surface area contributed by atoms with Crippen LogP contribution in [0.3, 0.4) is 0 Å². The number of halogens is 1. The number of carbonyl (C=O) groups excluding carboxylic acids is 1. The zero-order valence-corrected chi connectivity index (χ0v) is 15.9. The van der Waals surface area contributed by atoms with Gasteiger partial charge in [-0.05, 0) is 43.0 Å². The van der Waals surface area contributed by atoms with Crippen molar-refractivity contribution >= 4 is 39.6 Å². The van der Waals surface area contributed by atoms with Crippen LogP contribution in [0.4, 0.5) is 0 Å². The molecule has 0 atom stereocenters. The molecule has 27 heavy (non-hydrogen) atoms. The van der Waals surface area contributed by atoms with Gasteiger partial charge in [0.25, 0.3) is 0 Å². The molecule has 5 heteroatoms. The molecule has 0 fully saturated rings. The molecule has 0 aliphatic carbocycles. The van der Waals surface area contributed by atoms with Gasteiger partial charge in [-0.1, -0.05) is 48.0 Å². The molecule has 1 aromatic heterocycles. The Morgan fingerprint density at radius 2 is 1.93 bits per heavy atom. The van der Waals surface area contributed by atoms with Gasteiger partial charge >= 0.3 is 0 Å². The quantitative estimate of drug-likeness (QED) is 0.411. The Balaban J connectivity index is 1.69. The van der Waals surface area contributed by atoms with Gasteiger partial charge in [0.1, 0.15) is 12.4 Å². The fourth-order valence-electron chi connectivity index (χ4n) is 3.30. The minimum atomic E-state index is 0.230. The van der Waals surface area contributed by atoms with Gasteiger partial charge in [-0.2, -0.15) is 5.10 Å². The maximum Gasteiger partial charge on any atom is 0.158 e. The number of hydrogen-bond acceptors (Lipinski definition) is 3. The minimum absolute atomic E-state index is 0.230. The first-order valence-electron chi connectivity index (χ1n) is 8.85. The Labute approximate surface area is 162 Å². The average Bonchev–Trinajstić information content (AvgIpc) is 3.02. The summed E-state index contributed by atoms with van der Waals surface area (Å²) in [5.41, 5.74) is 2.51. The predicted octanol–water partition coefficient (Wildman–Crippen LogP) is 5.82. The monoisotopic (exact) mass is 378 g/mol. The summed E-state index contributed by atoms with van der Waals surface area (Å²) in [7, 11) is 0. The fourth-order valence-corrected chi connectivity index (χ4v) is 3.54. The highest BCUT2D eigenvalue weighted by Crippen LogP contribution is 2.31. The molecule has 4 aromatic rings. The molecule has 1 heterocycles. The minimum Gasteiger partial charge on any atom is -0.488 e. The number of fused-ring (bicyclic) bond motifs is 2. The second kappa shape index (κ2) is 7.05. The third kappa shape index (κ3) is 3.17. The molecule has 136 valence electrons. The highest BCUT2D eigenvalue weighted by atomic mass is 35.5. The molecule has 0 saturated heterocycles. The van der Waals surface area contributed by atoms with Gasteiger partial charge < -0.3 is 4.74 Å². The molecular formula is C22H19ClN2O2. The number of nitrogens with zero attached hydrogens (tertiary/aromatic N) is 2. The standard InChI is InChI=1S/C22H19ClN2O2/c1-14(2)25-20-10-7-15(11-19(20)22(23)24-25)13-27-21-17(12-26)9-8-16-5-3-4-6-18(16)21/h3-12,14H,13H2,1-2H3. The lowest BCUT2D eigenvalue weighted by Gasteiger charge is -2.12. The lowest BCUT2D eigenvalue weighted by molar-refractivity contribution is 0.111. The SMILES string of the molecule is CC(C)n1nc(Cl)c2cc(COc3c(C=O)ccc4ccccc34)ccc21. The Bertz CT molecular complexity index is 1150. The number of carbonyl (C=O) groups is 1. The normalized spacial score (nSPS) is 11.4. The van der Waals surface area contributed by atoms with Crippen LogP contribution in [0.25, 0.3) is 21.7 Å². The maximum atomic E-state index is 11.5. The van der Waals surface area contributed by atoms with Crippen molar-refractivity contribution in [1.82, 2.24) is 9.78 Å². The smallest absolute Gasteiger partial charge is 0.158 e. The van der Waals surface area contributed by atoms with Gasteiger partial charge in [0.05, 0.1) is 11.1 Å². The summed E-state index contributed by atoms with van der Waals surface area (Å²) in [4.78, 5) is 11.5. The Kier molecular flexibility index (Phi) is 4.58. The Morgan fingerprint density at radius 3 is 2.70 bits per heavy atom. The molecule has 0 unspecified atom stereocenters. The molecule has 0 aliphatic heterocycles. The van der Waals surface area contributed by atoms with Crippen LogP contribution in [0.2, 0.25) is 5.15 Å². The molecule has 0 amide bonds. The third-order valence-corrected chi connectivity index (χ3v) is 4.91. The summed E-state index contributed by atoms with van der Waals surface area (Å²) in [6.45, 7) is 4.48. The number of ether oxygens (including phenoxy) is 1. The zero-order valence-electron chi connectivity index (χ0n) is 15.1. The summed E-state index contributed by atoms with van der Waals surface area (Å²) in [6, 6.07) is 17.8. The average molecular weight is 379 g/mol. The molecule has 0 saturated carbocycles. The van der Waals surface area contributed by atoms with Gasteiger partial charge in [0.2, 0.25) is 0 Å². The fraction of sp³-hybridized carbons (Fsp3) is 0.182. The first kappa shape index (κ1) is 17.6. The van der Waals surface area contributed by atoms with Crippen molar-refractivity contribution in [2.45, 2.75) is 26.5 Å². The van der Waals surface area contributed by atoms with Gasteiger partial charge in [0, 0.05) is 16.8 Å². The zero-order chi connectivity index (χ0) is 19.0. The molecule has 0 aliphatic rings. The highest BCUT2D eigenvalue weighted by molar-refractivity contribution is 6.34. The molecule has 0 radical (unpaired) electrons. The van der Waals surface area contributed by atoms with Crippen molar-refractivity contribution in [3.63, 3.8) is 0 Å². The van der Waals surface area contributed by atoms with E-state index in [9.17, 15) is 4.79 Å². The third-order valence-electron chi connectivity index (χ3n) is 4.63. The van der Waals surface area contributed by atoms with Crippen LogP contribution in [0, 0.1) is 0 Å². The van der Waals surface area contributed by atoms with E-state index in [-0.39, 0.29) is 6.04 Å². The van der Waals surface area contributed by atoms with Gasteiger partial charge in [-0.15, -0.1) is 0 Å². The highest BCUT2D eigenvalue weighted by Gasteiger charge is 2.13. The van der Waals surface area contributed by atoms with Crippen molar-refractivity contribution in [3.8, 4) is 5.75 Å². The van der Waals surface area contributed by atoms with Crippen LogP contribution >= 0.6 is 11.6 Å². The van der Waals surface area contributed by atoms with Crippen LogP contribution in [0.15, 0.2) is 54.6 Å². The van der Waals surface area contributed by atoms with Gasteiger partial charge in [-0.3, -0.25) is 9.48 Å². The molecule has 4 rings (SSSR count). The number of aromatic nitrogens is 2. The van der Waals surface area contributed by atoms with Crippen molar-refractivity contribution in [2.24, 2.45) is 0 Å². The first-order valence-corrected chi connectivity index (χ1v) is 9.22. The van der Waals surface area contributed by atoms with Crippen molar-refractivity contribution in [1.29, 1.82) is 0 Å². The van der Waals surface area contributed by atoms with E-state index in [0.717, 1.165) is 33.5 Å². The van der Waals surface area contributed by atoms with E-state index in [0.29, 0.717) is 23.1 Å². The van der Waals surface area contributed by atoms with Crippen molar-refractivity contribution in [2.75, 3.05) is 0 Å². The number of rotatable bonds is 5. The van der Waals surface area contributed by atoms with Crippen LogP contribution in [-0.2, 0) is 6.61 Å². The maximum absolute atomic E-state index is 11.5. The largest absolute Gasteiger partial charge is 0.488 e. The van der Waals surface area contributed by atoms with Gasteiger partial charge in [-0.25, -0.2) is 0 Å². The summed E-state index contributed by atoms with van der Waals surface area (Å²) in [6.07, 6.45) is 0.828. The summed E-state index contributed by atoms with van der Waals surface area (Å²) >= 11 is 6.32. The molecule has 3 aromatic carbocycles. The molecule has 4 nitrogen and oxygen atoms in total. The van der Waals surface area contributed by atoms with E-state index in [2.05, 4.69) is 18.9 Å². The van der Waals surface area contributed by atoms with E-state index in [4.69, 9.17) is 16.3 Å². The van der Waals surface area contributed by atoms with E-state index in [1.165, 1.54) is 0 Å². The predicted molar refractivity (Wildman–Crippen MR) is 109 cm³/mol. The Hall–Kier alpha value is -2.85. The van der Waals surface area contributed by atoms with Crippen LogP contribution < -0.4 is 4.74 Å². The van der Waals surface area contributed by atoms with E-state index >= 15 is 0 Å². The topological polar surface area (TPSA) is 44.1 Å². The molecular weight excluding hydrogens is 360 g/mol. The lowest BCUT2D eigenvalue weighted by Crippen LogP contribution is -2.02. The van der Waals surface area contributed by atoms with Crippen molar-refractivity contribution in [3.05, 3.63) is 70.9 Å². The Morgan fingerprint density at radius 1 is 1.11 bits per heavy atom. The molecule has 0 bridgehead atoms. The van der Waals surface area contributed by atoms with Gasteiger partial charge in [0.15, 0.2) is 11.4 Å². The second-order valence-electron chi connectivity index (χ2n) is 6.79. The van der Waals surface area contributed by atoms with E-state index < -0.39 is 0 Å². The number of benzene rings is 3. The first-order chi connectivity index (χ1) is 13.1. The lowest BCUT2D eigenvalue weighted by atomic mass is 10.1. The number of hydrogen-bond donors (Lipinski definition) is 0. The van der Waals surface area contributed by atoms with Crippen LogP contribution in [0.1, 0.15) is 35.8 Å².